The maximum atomic E-state index is 13.8. The smallest absolute Gasteiger partial charge is 1.00 e. The maximum absolute atomic E-state index is 13.8. The number of Topliss-reactive ketones (excluding diaryl/α,β-unsaturated/α-hetero) is 1. The molecule has 0 radical (unpaired) electrons. The standard InChI is InChI=1S/C51H65NO11S.K.H/c1-8-29-59-30-31-60-41-22-26-43(27-23-41)64-42-24-20-40(21-25-42)45(54)36(3)52-63-48(58)50(6,9-2)35-51(7,34-49(4,5)46(55)56)47(57)62-33-32-61-44(53)28-17-37-15-18-39(19-16-37)38-13-11-10-12-14-38;;/h15-28,38H,8-14,29-35H2,1-7H3,(H,55,56);;/q;+1;-1/b28-17+,52-36?;;. The quantitative estimate of drug-likeness (QED) is 0.0127. The van der Waals surface area contributed by atoms with Gasteiger partial charge in [-0.2, -0.15) is 0 Å². The van der Waals surface area contributed by atoms with Gasteiger partial charge in [0.05, 0.1) is 22.9 Å². The summed E-state index contributed by atoms with van der Waals surface area (Å²) >= 11 is 1.52. The van der Waals surface area contributed by atoms with Gasteiger partial charge in [-0.05, 0) is 145 Å². The first kappa shape index (κ1) is 55.7. The molecule has 0 saturated heterocycles. The number of hydrogen-bond donors (Lipinski definition) is 1. The SMILES string of the molecule is CCCOCCOc1ccc(Sc2ccc(C(=O)C(C)=NOC(=O)C(C)(CC)CC(C)(CC(C)(C)C(=O)O)C(=O)OCCOC(=O)/C=C/c3ccc(C4CCCCC4)cc3)cc2)cc1.[H-].[K+]. The Labute approximate surface area is 432 Å². The van der Waals surface area contributed by atoms with Crippen LogP contribution < -0.4 is 56.1 Å². The number of ether oxygens (including phenoxy) is 4. The molecule has 12 nitrogen and oxygen atoms in total. The molecule has 1 saturated carbocycles. The van der Waals surface area contributed by atoms with Gasteiger partial charge in [-0.25, -0.2) is 9.59 Å². The van der Waals surface area contributed by atoms with Crippen LogP contribution in [0.5, 0.6) is 5.75 Å². The van der Waals surface area contributed by atoms with Crippen molar-refractivity contribution in [3.8, 4) is 5.75 Å². The second-order valence-corrected chi connectivity index (χ2v) is 18.7. The molecule has 1 N–H and O–H groups in total. The Balaban J connectivity index is 0.00000748. The second-order valence-electron chi connectivity index (χ2n) is 17.6. The van der Waals surface area contributed by atoms with E-state index in [0.717, 1.165) is 27.5 Å². The average Bonchev–Trinajstić information content (AvgIpc) is 3.29. The van der Waals surface area contributed by atoms with Crippen LogP contribution >= 0.6 is 11.8 Å². The zero-order valence-electron chi connectivity index (χ0n) is 40.4. The average molecular weight is 940 g/mol. The summed E-state index contributed by atoms with van der Waals surface area (Å²) in [7, 11) is 0. The normalized spacial score (nSPS) is 15.2. The molecule has 0 amide bonds. The van der Waals surface area contributed by atoms with Crippen LogP contribution in [0, 0.1) is 16.2 Å². The molecule has 1 aliphatic rings. The number of esters is 2. The summed E-state index contributed by atoms with van der Waals surface area (Å²) in [6.07, 6.45) is 10.0. The summed E-state index contributed by atoms with van der Waals surface area (Å²) in [6.45, 7) is 12.6. The first-order chi connectivity index (χ1) is 30.5. The summed E-state index contributed by atoms with van der Waals surface area (Å²) < 4.78 is 22.0. The molecule has 65 heavy (non-hydrogen) atoms. The van der Waals surface area contributed by atoms with E-state index in [1.807, 2.05) is 48.5 Å². The van der Waals surface area contributed by atoms with Gasteiger partial charge in [0.2, 0.25) is 5.78 Å². The van der Waals surface area contributed by atoms with Crippen molar-refractivity contribution in [2.75, 3.05) is 33.0 Å². The first-order valence-electron chi connectivity index (χ1n) is 22.2. The fourth-order valence-corrected chi connectivity index (χ4v) is 8.61. The predicted molar refractivity (Wildman–Crippen MR) is 249 cm³/mol. The summed E-state index contributed by atoms with van der Waals surface area (Å²) in [5.74, 6) is -2.41. The van der Waals surface area contributed by atoms with Gasteiger partial charge in [-0.3, -0.25) is 14.4 Å². The van der Waals surface area contributed by atoms with E-state index >= 15 is 0 Å². The number of ketones is 1. The molecule has 1 fully saturated rings. The Morgan fingerprint density at radius 2 is 1.37 bits per heavy atom. The summed E-state index contributed by atoms with van der Waals surface area (Å²) in [5.41, 5.74) is -1.75. The summed E-state index contributed by atoms with van der Waals surface area (Å²) in [6, 6.07) is 22.8. The molecule has 3 aromatic carbocycles. The number of benzene rings is 3. The molecule has 0 aliphatic heterocycles. The van der Waals surface area contributed by atoms with E-state index in [-0.39, 0.29) is 91.0 Å². The van der Waals surface area contributed by atoms with Crippen LogP contribution in [0.25, 0.3) is 6.08 Å². The van der Waals surface area contributed by atoms with Crippen molar-refractivity contribution in [1.29, 1.82) is 0 Å². The fraction of sp³-hybridized carbons (Fsp3) is 0.490. The van der Waals surface area contributed by atoms with Gasteiger partial charge in [-0.1, -0.05) is 74.3 Å². The van der Waals surface area contributed by atoms with E-state index in [9.17, 15) is 29.1 Å². The maximum Gasteiger partial charge on any atom is 1.00 e. The zero-order valence-corrected chi connectivity index (χ0v) is 43.4. The van der Waals surface area contributed by atoms with Crippen molar-refractivity contribution in [2.45, 2.75) is 122 Å². The van der Waals surface area contributed by atoms with Crippen molar-refractivity contribution >= 4 is 53.2 Å². The molecular formula is C51H66KNO11S. The molecule has 2 atom stereocenters. The van der Waals surface area contributed by atoms with Crippen LogP contribution in [0.1, 0.15) is 135 Å². The van der Waals surface area contributed by atoms with Crippen molar-refractivity contribution < 1.29 is 106 Å². The van der Waals surface area contributed by atoms with Crippen molar-refractivity contribution in [3.05, 3.63) is 95.6 Å². The number of rotatable bonds is 25. The number of nitrogens with zero attached hydrogens (tertiary/aromatic N) is 1. The van der Waals surface area contributed by atoms with Crippen molar-refractivity contribution in [3.63, 3.8) is 0 Å². The molecular weight excluding hydrogens is 874 g/mol. The third-order valence-corrected chi connectivity index (χ3v) is 12.6. The Morgan fingerprint density at radius 3 is 1.97 bits per heavy atom. The Hall–Kier alpha value is -3.63. The van der Waals surface area contributed by atoms with E-state index in [4.69, 9.17) is 23.8 Å². The van der Waals surface area contributed by atoms with Crippen LogP contribution in [0.2, 0.25) is 0 Å². The Bertz CT molecular complexity index is 2090. The molecule has 14 heteroatoms. The van der Waals surface area contributed by atoms with E-state index in [1.165, 1.54) is 76.3 Å². The summed E-state index contributed by atoms with van der Waals surface area (Å²) in [5, 5.41) is 13.9. The Kier molecular flexibility index (Phi) is 23.3. The molecule has 0 spiro atoms. The predicted octanol–water partition coefficient (Wildman–Crippen LogP) is 8.02. The van der Waals surface area contributed by atoms with Crippen LogP contribution in [-0.4, -0.2) is 73.5 Å². The monoisotopic (exact) mass is 939 g/mol. The third-order valence-electron chi connectivity index (χ3n) is 11.6. The largest absolute Gasteiger partial charge is 1.00 e. The molecule has 0 aromatic heterocycles. The molecule has 348 valence electrons. The van der Waals surface area contributed by atoms with Crippen molar-refractivity contribution in [2.24, 2.45) is 21.4 Å². The third kappa shape index (κ3) is 17.8. The van der Waals surface area contributed by atoms with Gasteiger partial charge >= 0.3 is 75.3 Å². The second kappa shape index (κ2) is 27.2. The minimum atomic E-state index is -1.49. The number of aliphatic carboxylic acids is 1. The molecule has 0 bridgehead atoms. The number of hydrogen-bond acceptors (Lipinski definition) is 12. The first-order valence-corrected chi connectivity index (χ1v) is 23.0. The molecule has 3 aromatic rings. The minimum absolute atomic E-state index is 0. The topological polar surface area (TPSA) is 164 Å². The van der Waals surface area contributed by atoms with Crippen LogP contribution in [-0.2, 0) is 38.2 Å². The van der Waals surface area contributed by atoms with Crippen LogP contribution in [0.15, 0.2) is 93.8 Å². The zero-order chi connectivity index (χ0) is 46.8. The van der Waals surface area contributed by atoms with Gasteiger partial charge in [0.25, 0.3) is 0 Å². The molecule has 1 aliphatic carbocycles. The van der Waals surface area contributed by atoms with E-state index in [2.05, 4.69) is 24.2 Å². The van der Waals surface area contributed by atoms with E-state index in [1.54, 1.807) is 39.0 Å². The Morgan fingerprint density at radius 1 is 0.754 bits per heavy atom. The molecule has 2 unspecified atom stereocenters. The van der Waals surface area contributed by atoms with Gasteiger partial charge in [0.1, 0.15) is 31.3 Å². The molecule has 0 heterocycles. The number of carbonyl (C=O) groups is 5. The van der Waals surface area contributed by atoms with Crippen molar-refractivity contribution in [1.82, 2.24) is 0 Å². The van der Waals surface area contributed by atoms with Gasteiger partial charge in [0, 0.05) is 28.0 Å². The number of carbonyl (C=O) groups excluding carboxylic acids is 4. The van der Waals surface area contributed by atoms with Crippen LogP contribution in [0.3, 0.4) is 0 Å². The minimum Gasteiger partial charge on any atom is -1.00 e. The fourth-order valence-electron chi connectivity index (χ4n) is 7.79. The van der Waals surface area contributed by atoms with E-state index < -0.39 is 45.9 Å². The number of carboxylic acid groups (broad SMARTS) is 1. The number of carboxylic acids is 1. The van der Waals surface area contributed by atoms with Gasteiger partial charge in [-0.15, -0.1) is 0 Å². The van der Waals surface area contributed by atoms with E-state index in [0.29, 0.717) is 31.3 Å². The van der Waals surface area contributed by atoms with Gasteiger partial charge in [0.15, 0.2) is 0 Å². The number of oxime groups is 1. The molecule has 4 rings (SSSR count). The van der Waals surface area contributed by atoms with Gasteiger partial charge < -0.3 is 30.3 Å². The van der Waals surface area contributed by atoms with Crippen LogP contribution in [0.4, 0.5) is 0 Å². The summed E-state index contributed by atoms with van der Waals surface area (Å²) in [4.78, 5) is 72.7.